The van der Waals surface area contributed by atoms with Crippen molar-refractivity contribution in [3.63, 3.8) is 0 Å². The molecule has 2 aliphatic heterocycles. The molecular weight excluding hydrogens is 854 g/mol. The highest BCUT2D eigenvalue weighted by atomic mass is 127. The summed E-state index contributed by atoms with van der Waals surface area (Å²) in [6, 6.07) is 8.59. The number of nitrogens with zero attached hydrogens (tertiary/aromatic N) is 10. The summed E-state index contributed by atoms with van der Waals surface area (Å²) in [5, 5.41) is 1.76. The lowest BCUT2D eigenvalue weighted by atomic mass is 10.1. The van der Waals surface area contributed by atoms with E-state index in [1.807, 2.05) is 30.3 Å². The van der Waals surface area contributed by atoms with Crippen LogP contribution in [0.15, 0.2) is 49.1 Å². The largest absolute Gasteiger partial charge is 0.300 e. The number of aromatic amines is 2. The Morgan fingerprint density at radius 1 is 0.480 bits per heavy atom. The molecule has 0 aliphatic carbocycles. The number of fused-ring (bicyclic) bond motifs is 20. The number of hydrogen-bond acceptors (Lipinski definition) is 8. The number of nitrogens with one attached hydrogen (secondary N) is 2. The first-order valence-electron chi connectivity index (χ1n) is 16.7. The van der Waals surface area contributed by atoms with Crippen LogP contribution in [0.4, 0.5) is 0 Å². The summed E-state index contributed by atoms with van der Waals surface area (Å²) in [6.07, 6.45) is 11.0. The Bertz CT molecular complexity index is 2560. The Morgan fingerprint density at radius 2 is 0.840 bits per heavy atom. The van der Waals surface area contributed by atoms with Gasteiger partial charge in [-0.15, -0.1) is 0 Å². The van der Waals surface area contributed by atoms with Gasteiger partial charge in [0.25, 0.3) is 11.6 Å². The highest BCUT2D eigenvalue weighted by Crippen LogP contribution is 2.36. The fraction of sp³-hybridized carbons (Fsp3) is 0.222. The van der Waals surface area contributed by atoms with E-state index in [2.05, 4.69) is 108 Å². The summed E-state index contributed by atoms with van der Waals surface area (Å²) in [5.41, 5.74) is 11.7. The minimum Gasteiger partial charge on any atom is -0.295 e. The second kappa shape index (κ2) is 12.0. The molecule has 246 valence electrons. The molecule has 0 fully saturated rings. The molecule has 7 aromatic rings. The second-order valence-corrected chi connectivity index (χ2v) is 14.3. The van der Waals surface area contributed by atoms with Crippen LogP contribution >= 0.6 is 45.7 Å². The minimum atomic E-state index is 0.602. The highest BCUT2D eigenvalue weighted by Gasteiger charge is 2.35. The molecule has 0 amide bonds. The number of pyridine rings is 4. The van der Waals surface area contributed by atoms with Gasteiger partial charge in [-0.1, -0.05) is 47.6 Å². The summed E-state index contributed by atoms with van der Waals surface area (Å²) >= 11 is 4.55. The molecule has 2 N–H and O–H groups in total. The van der Waals surface area contributed by atoms with Crippen molar-refractivity contribution < 1.29 is 5.56 Å². The van der Waals surface area contributed by atoms with E-state index >= 15 is 0 Å². The normalized spacial score (nSPS) is 12.1. The van der Waals surface area contributed by atoms with E-state index in [0.717, 1.165) is 92.3 Å². The second-order valence-electron chi connectivity index (χ2n) is 12.3. The molecule has 0 aromatic carbocycles. The molecule has 0 unspecified atom stereocenters. The maximum absolute atomic E-state index is 5.27. The first kappa shape index (κ1) is 31.4. The summed E-state index contributed by atoms with van der Waals surface area (Å²) in [5.74, 6) is 2.73. The van der Waals surface area contributed by atoms with Crippen LogP contribution in [-0.2, 0) is 25.7 Å². The Morgan fingerprint density at radius 3 is 1.24 bits per heavy atom. The third-order valence-electron chi connectivity index (χ3n) is 9.36. The zero-order valence-corrected chi connectivity index (χ0v) is 32.0. The minimum absolute atomic E-state index is 0.602. The summed E-state index contributed by atoms with van der Waals surface area (Å²) < 4.78 is 3.94. The van der Waals surface area contributed by atoms with E-state index in [-0.39, 0.29) is 0 Å². The molecular formula is C36H30I2N12+2. The van der Waals surface area contributed by atoms with E-state index in [4.69, 9.17) is 39.9 Å². The van der Waals surface area contributed by atoms with E-state index in [1.165, 1.54) is 0 Å². The summed E-state index contributed by atoms with van der Waals surface area (Å²) in [6.45, 7) is 8.49. The van der Waals surface area contributed by atoms with Crippen molar-refractivity contribution in [2.24, 2.45) is 0 Å². The van der Waals surface area contributed by atoms with Gasteiger partial charge in [0.15, 0.2) is 57.1 Å². The molecule has 14 heteroatoms. The number of halogens is 2. The predicted molar refractivity (Wildman–Crippen MR) is 208 cm³/mol. The number of hydrogen-bond donors (Lipinski definition) is 2. The summed E-state index contributed by atoms with van der Waals surface area (Å²) in [4.78, 5) is 47.8. The number of aryl methyl sites for hydroxylation is 4. The Labute approximate surface area is 314 Å². The van der Waals surface area contributed by atoms with Gasteiger partial charge in [0, 0.05) is 24.8 Å². The number of aromatic nitrogens is 12. The van der Waals surface area contributed by atoms with E-state index in [1.54, 1.807) is 0 Å². The average molecular weight is 885 g/mol. The van der Waals surface area contributed by atoms with Crippen molar-refractivity contribution in [2.45, 2.75) is 53.4 Å². The fourth-order valence-corrected chi connectivity index (χ4v) is 7.89. The molecule has 12 nitrogen and oxygen atoms in total. The van der Waals surface area contributed by atoms with Crippen molar-refractivity contribution in [1.82, 2.24) is 49.8 Å². The molecule has 7 aromatic heterocycles. The molecule has 0 atom stereocenters. The SMILES string of the molecule is CCc1cnc2c(c1)-c1nc3[nH]c(nc4[n+](I)c(nc5[nH]c(nc-2[n+]1I)c1cc(CC)cnc51)-c1cc(CC)cnc1-4)c1cc(CC)cnc31. The topological polar surface area (TPSA) is 142 Å². The van der Waals surface area contributed by atoms with Crippen LogP contribution in [0.2, 0.25) is 0 Å². The van der Waals surface area contributed by atoms with Crippen LogP contribution < -0.4 is 5.56 Å². The first-order chi connectivity index (χ1) is 24.4. The van der Waals surface area contributed by atoms with Crippen molar-refractivity contribution in [2.75, 3.05) is 0 Å². The van der Waals surface area contributed by atoms with E-state index < -0.39 is 0 Å². The number of rotatable bonds is 4. The van der Waals surface area contributed by atoms with Crippen molar-refractivity contribution in [3.05, 3.63) is 71.3 Å². The van der Waals surface area contributed by atoms with Crippen LogP contribution in [0.3, 0.4) is 0 Å². The van der Waals surface area contributed by atoms with Crippen LogP contribution in [0.5, 0.6) is 0 Å². The summed E-state index contributed by atoms with van der Waals surface area (Å²) in [7, 11) is 0. The van der Waals surface area contributed by atoms with Crippen LogP contribution in [0.1, 0.15) is 49.9 Å². The lowest BCUT2D eigenvalue weighted by Gasteiger charge is -1.98. The van der Waals surface area contributed by atoms with Crippen LogP contribution in [0, 0.1) is 0 Å². The zero-order chi connectivity index (χ0) is 34.3. The predicted octanol–water partition coefficient (Wildman–Crippen LogP) is 6.88. The van der Waals surface area contributed by atoms with Gasteiger partial charge in [0.2, 0.25) is 22.6 Å². The lowest BCUT2D eigenvalue weighted by Crippen LogP contribution is -2.22. The first-order valence-corrected chi connectivity index (χ1v) is 18.6. The van der Waals surface area contributed by atoms with Gasteiger partial charge in [0.1, 0.15) is 11.0 Å². The molecule has 9 heterocycles. The van der Waals surface area contributed by atoms with E-state index in [0.29, 0.717) is 45.9 Å². The van der Waals surface area contributed by atoms with E-state index in [9.17, 15) is 0 Å². The van der Waals surface area contributed by atoms with Crippen LogP contribution in [-0.4, -0.2) is 49.8 Å². The highest BCUT2D eigenvalue weighted by molar-refractivity contribution is 14.1. The molecule has 0 radical (unpaired) electrons. The third-order valence-corrected chi connectivity index (χ3v) is 11.2. The van der Waals surface area contributed by atoms with Gasteiger partial charge in [-0.25, -0.2) is 9.97 Å². The number of H-pyrrole nitrogens is 2. The van der Waals surface area contributed by atoms with Gasteiger partial charge in [-0.3, -0.25) is 19.9 Å². The molecule has 8 bridgehead atoms. The monoisotopic (exact) mass is 884 g/mol. The average Bonchev–Trinajstić information content (AvgIpc) is 3.83. The quantitative estimate of drug-likeness (QED) is 0.182. The maximum atomic E-state index is 5.27. The standard InChI is InChI=1S/C36H28I2N12/c1-5-17-9-21-25(39-13-17)31-43-29(21)45-35-27-23(11-19(7-3)15-41-27)34(49(35)37)48-32-26-22(10-18(6-2)14-40-26)30(44-32)46-36-28-24(33(47-31)50(36)38)12-20(8-4)16-42-28/h9-16H,5-8H2,1-4H3/p+2. The van der Waals surface area contributed by atoms with Gasteiger partial charge < -0.3 is 0 Å². The third kappa shape index (κ3) is 4.81. The van der Waals surface area contributed by atoms with Gasteiger partial charge >= 0.3 is 11.6 Å². The molecule has 0 spiro atoms. The molecule has 0 saturated carbocycles. The van der Waals surface area contributed by atoms with Crippen molar-refractivity contribution >= 4 is 90.1 Å². The Balaban J connectivity index is 1.52. The zero-order valence-electron chi connectivity index (χ0n) is 27.7. The smallest absolute Gasteiger partial charge is 0.295 e. The van der Waals surface area contributed by atoms with Crippen molar-refractivity contribution in [3.8, 4) is 45.8 Å². The molecule has 50 heavy (non-hydrogen) atoms. The van der Waals surface area contributed by atoms with Crippen molar-refractivity contribution in [1.29, 1.82) is 0 Å². The fourth-order valence-electron chi connectivity index (χ4n) is 6.48. The Kier molecular flexibility index (Phi) is 7.56. The van der Waals surface area contributed by atoms with Gasteiger partial charge in [-0.05, 0) is 72.2 Å². The lowest BCUT2D eigenvalue weighted by molar-refractivity contribution is -0.416. The molecule has 9 rings (SSSR count). The Hall–Kier alpha value is -4.58. The van der Waals surface area contributed by atoms with Gasteiger partial charge in [-0.2, -0.15) is 5.56 Å². The van der Waals surface area contributed by atoms with Crippen LogP contribution in [0.25, 0.3) is 90.2 Å². The van der Waals surface area contributed by atoms with Gasteiger partial charge in [0.05, 0.1) is 21.9 Å². The maximum Gasteiger partial charge on any atom is 0.300 e. The molecule has 2 aliphatic rings. The molecule has 0 saturated heterocycles.